The van der Waals surface area contributed by atoms with Crippen molar-refractivity contribution in [2.24, 2.45) is 5.73 Å². The second-order valence-electron chi connectivity index (χ2n) is 3.12. The van der Waals surface area contributed by atoms with Gasteiger partial charge in [0.1, 0.15) is 16.3 Å². The number of hydrogen-bond acceptors (Lipinski definition) is 3. The van der Waals surface area contributed by atoms with Gasteiger partial charge in [-0.05, 0) is 22.9 Å². The van der Waals surface area contributed by atoms with E-state index in [-0.39, 0.29) is 10.3 Å². The molecule has 90 valence electrons. The first kappa shape index (κ1) is 13.2. The number of hydrogen-bond donors (Lipinski definition) is 1. The number of aromatic nitrogens is 2. The Bertz CT molecular complexity index is 443. The van der Waals surface area contributed by atoms with E-state index in [1.165, 1.54) is 6.92 Å². The molecule has 0 saturated carbocycles. The number of nitrogens with two attached hydrogens (primary N) is 1. The molecule has 0 radical (unpaired) electrons. The quantitative estimate of drug-likeness (QED) is 0.897. The average molecular weight is 300 g/mol. The number of nitrogens with zero attached hydrogens (tertiary/aromatic N) is 2. The van der Waals surface area contributed by atoms with Gasteiger partial charge >= 0.3 is 6.18 Å². The molecule has 1 aromatic rings. The first-order valence-corrected chi connectivity index (χ1v) is 5.08. The molecule has 0 aromatic carbocycles. The van der Waals surface area contributed by atoms with Gasteiger partial charge in [0.25, 0.3) is 5.56 Å². The molecular weight excluding hydrogens is 291 g/mol. The van der Waals surface area contributed by atoms with Crippen molar-refractivity contribution in [2.45, 2.75) is 19.1 Å². The zero-order chi connectivity index (χ0) is 12.5. The minimum Gasteiger partial charge on any atom is -0.328 e. The van der Waals surface area contributed by atoms with E-state index in [1.54, 1.807) is 0 Å². The topological polar surface area (TPSA) is 60.9 Å². The number of aryl methyl sites for hydroxylation is 1. The van der Waals surface area contributed by atoms with Gasteiger partial charge in [-0.1, -0.05) is 0 Å². The first-order chi connectivity index (χ1) is 7.29. The summed E-state index contributed by atoms with van der Waals surface area (Å²) in [7, 11) is 0. The highest BCUT2D eigenvalue weighted by Gasteiger charge is 2.41. The van der Waals surface area contributed by atoms with E-state index in [1.807, 2.05) is 0 Å². The van der Waals surface area contributed by atoms with Crippen molar-refractivity contribution in [3.63, 3.8) is 0 Å². The molecule has 4 nitrogen and oxygen atoms in total. The summed E-state index contributed by atoms with van der Waals surface area (Å²) in [5, 5.41) is 0. The Labute approximate surface area is 97.4 Å². The maximum atomic E-state index is 12.6. The largest absolute Gasteiger partial charge is 0.410 e. The standard InChI is InChI=1S/C8H9BrF3N3O/c1-4-14-3-5(9)7(16)15(4)6(2-13)8(10,11)12/h3,6H,2,13H2,1H3. The Morgan fingerprint density at radius 1 is 1.62 bits per heavy atom. The van der Waals surface area contributed by atoms with Crippen LogP contribution in [0.2, 0.25) is 0 Å². The normalized spacial score (nSPS) is 13.9. The first-order valence-electron chi connectivity index (χ1n) is 4.29. The minimum absolute atomic E-state index is 0.0269. The molecule has 0 aliphatic heterocycles. The zero-order valence-corrected chi connectivity index (χ0v) is 9.84. The number of alkyl halides is 3. The molecule has 1 atom stereocenters. The van der Waals surface area contributed by atoms with Crippen LogP contribution in [0.3, 0.4) is 0 Å². The Morgan fingerprint density at radius 2 is 2.19 bits per heavy atom. The smallest absolute Gasteiger partial charge is 0.328 e. The van der Waals surface area contributed by atoms with Crippen molar-refractivity contribution in [2.75, 3.05) is 6.54 Å². The van der Waals surface area contributed by atoms with Crippen molar-refractivity contribution in [1.29, 1.82) is 0 Å². The Kier molecular flexibility index (Phi) is 3.74. The fourth-order valence-electron chi connectivity index (χ4n) is 1.28. The van der Waals surface area contributed by atoms with Gasteiger partial charge in [0.05, 0.1) is 0 Å². The van der Waals surface area contributed by atoms with Crippen LogP contribution in [0.4, 0.5) is 13.2 Å². The molecule has 2 N–H and O–H groups in total. The van der Waals surface area contributed by atoms with Crippen LogP contribution >= 0.6 is 15.9 Å². The van der Waals surface area contributed by atoms with Crippen LogP contribution in [0.5, 0.6) is 0 Å². The average Bonchev–Trinajstić information content (AvgIpc) is 2.16. The molecule has 8 heteroatoms. The molecule has 0 aliphatic carbocycles. The highest BCUT2D eigenvalue weighted by Crippen LogP contribution is 2.29. The van der Waals surface area contributed by atoms with E-state index in [9.17, 15) is 18.0 Å². The van der Waals surface area contributed by atoms with E-state index in [0.29, 0.717) is 4.57 Å². The molecule has 0 bridgehead atoms. The van der Waals surface area contributed by atoms with Crippen molar-refractivity contribution < 1.29 is 13.2 Å². The predicted octanol–water partition coefficient (Wildman–Crippen LogP) is 1.38. The predicted molar refractivity (Wildman–Crippen MR) is 55.1 cm³/mol. The number of halogens is 4. The zero-order valence-electron chi connectivity index (χ0n) is 8.25. The van der Waals surface area contributed by atoms with Crippen LogP contribution in [0.15, 0.2) is 15.5 Å². The molecule has 0 fully saturated rings. The number of rotatable bonds is 2. The molecule has 0 saturated heterocycles. The lowest BCUT2D eigenvalue weighted by Gasteiger charge is -2.22. The summed E-state index contributed by atoms with van der Waals surface area (Å²) in [6.07, 6.45) is -3.41. The fourth-order valence-corrected chi connectivity index (χ4v) is 1.58. The maximum absolute atomic E-state index is 12.6. The lowest BCUT2D eigenvalue weighted by Crippen LogP contribution is -2.40. The van der Waals surface area contributed by atoms with Crippen molar-refractivity contribution in [3.05, 3.63) is 26.8 Å². The summed E-state index contributed by atoms with van der Waals surface area (Å²) in [5.74, 6) is -0.0269. The molecule has 16 heavy (non-hydrogen) atoms. The van der Waals surface area contributed by atoms with Gasteiger partial charge in [-0.25, -0.2) is 4.98 Å². The lowest BCUT2D eigenvalue weighted by atomic mass is 10.2. The Balaban J connectivity index is 3.42. The fraction of sp³-hybridized carbons (Fsp3) is 0.500. The summed E-state index contributed by atoms with van der Waals surface area (Å²) in [6.45, 7) is 0.616. The SMILES string of the molecule is Cc1ncc(Br)c(=O)n1C(CN)C(F)(F)F. The summed E-state index contributed by atoms with van der Waals surface area (Å²) < 4.78 is 38.4. The van der Waals surface area contributed by atoms with E-state index >= 15 is 0 Å². The molecule has 0 aliphatic rings. The molecule has 1 rings (SSSR count). The van der Waals surface area contributed by atoms with Gasteiger partial charge in [-0.2, -0.15) is 13.2 Å². The third kappa shape index (κ3) is 2.43. The van der Waals surface area contributed by atoms with E-state index in [2.05, 4.69) is 20.9 Å². The lowest BCUT2D eigenvalue weighted by molar-refractivity contribution is -0.166. The van der Waals surface area contributed by atoms with Crippen molar-refractivity contribution >= 4 is 15.9 Å². The van der Waals surface area contributed by atoms with Gasteiger partial charge in [0, 0.05) is 12.7 Å². The van der Waals surface area contributed by atoms with E-state index in [4.69, 9.17) is 5.73 Å². The Hall–Kier alpha value is -0.890. The summed E-state index contributed by atoms with van der Waals surface area (Å²) in [6, 6.07) is -2.05. The van der Waals surface area contributed by atoms with Crippen molar-refractivity contribution in [1.82, 2.24) is 9.55 Å². The van der Waals surface area contributed by atoms with Crippen LogP contribution < -0.4 is 11.3 Å². The highest BCUT2D eigenvalue weighted by atomic mass is 79.9. The molecule has 1 unspecified atom stereocenters. The summed E-state index contributed by atoms with van der Waals surface area (Å²) in [4.78, 5) is 15.2. The highest BCUT2D eigenvalue weighted by molar-refractivity contribution is 9.10. The minimum atomic E-state index is -4.58. The molecule has 0 amide bonds. The van der Waals surface area contributed by atoms with Gasteiger partial charge in [-0.3, -0.25) is 9.36 Å². The second kappa shape index (κ2) is 4.54. The van der Waals surface area contributed by atoms with E-state index in [0.717, 1.165) is 6.20 Å². The molecule has 1 heterocycles. The third-order valence-electron chi connectivity index (χ3n) is 2.05. The van der Waals surface area contributed by atoms with Gasteiger partial charge in [0.15, 0.2) is 0 Å². The van der Waals surface area contributed by atoms with E-state index < -0.39 is 24.3 Å². The molecule has 1 aromatic heterocycles. The summed E-state index contributed by atoms with van der Waals surface area (Å²) in [5.41, 5.74) is 4.26. The maximum Gasteiger partial charge on any atom is 0.410 e. The van der Waals surface area contributed by atoms with Crippen LogP contribution in [0.25, 0.3) is 0 Å². The van der Waals surface area contributed by atoms with Crippen LogP contribution in [-0.2, 0) is 0 Å². The van der Waals surface area contributed by atoms with Crippen LogP contribution in [-0.4, -0.2) is 22.3 Å². The second-order valence-corrected chi connectivity index (χ2v) is 3.98. The third-order valence-corrected chi connectivity index (χ3v) is 2.59. The van der Waals surface area contributed by atoms with Gasteiger partial charge in [-0.15, -0.1) is 0 Å². The monoisotopic (exact) mass is 299 g/mol. The Morgan fingerprint density at radius 3 is 2.62 bits per heavy atom. The molecular formula is C8H9BrF3N3O. The van der Waals surface area contributed by atoms with Crippen LogP contribution in [0, 0.1) is 6.92 Å². The molecule has 0 spiro atoms. The van der Waals surface area contributed by atoms with Crippen LogP contribution in [0.1, 0.15) is 11.9 Å². The van der Waals surface area contributed by atoms with Gasteiger partial charge in [0.2, 0.25) is 0 Å². The summed E-state index contributed by atoms with van der Waals surface area (Å²) >= 11 is 2.84. The van der Waals surface area contributed by atoms with Crippen molar-refractivity contribution in [3.8, 4) is 0 Å². The van der Waals surface area contributed by atoms with Gasteiger partial charge < -0.3 is 5.73 Å².